The van der Waals surface area contributed by atoms with Crippen molar-refractivity contribution in [2.45, 2.75) is 88.8 Å². The Morgan fingerprint density at radius 3 is 2.37 bits per heavy atom. The maximum atomic E-state index is 14.2. The normalized spacial score (nSPS) is 17.5. The number of hydrogen-bond donors (Lipinski definition) is 1. The molecule has 2 aromatic heterocycles. The third-order valence-electron chi connectivity index (χ3n) is 8.18. The molecular weight excluding hydrogens is 665 g/mol. The number of ether oxygens (including phenoxy) is 2. The van der Waals surface area contributed by atoms with Crippen LogP contribution in [-0.4, -0.2) is 85.3 Å². The maximum Gasteiger partial charge on any atom is 0.476 e. The van der Waals surface area contributed by atoms with Gasteiger partial charge in [0.15, 0.2) is 9.84 Å². The van der Waals surface area contributed by atoms with Crippen LogP contribution in [-0.2, 0) is 32.7 Å². The number of aromatic amines is 1. The lowest BCUT2D eigenvalue weighted by Gasteiger charge is -2.35. The third kappa shape index (κ3) is 8.73. The van der Waals surface area contributed by atoms with Crippen molar-refractivity contribution in [3.8, 4) is 16.9 Å². The molecule has 4 aromatic rings. The average molecular weight is 714 g/mol. The summed E-state index contributed by atoms with van der Waals surface area (Å²) >= 11 is 0. The Hall–Kier alpha value is -2.83. The second kappa shape index (κ2) is 13.7. The molecule has 1 N–H and O–H groups in total. The van der Waals surface area contributed by atoms with Crippen LogP contribution in [0.3, 0.4) is 0 Å². The molecule has 2 fully saturated rings. The molecule has 2 aromatic carbocycles. The number of fused-ring (bicyclic) bond motifs is 3. The standard InChI is InChI=1S/C36H48N3O8PS/c1-24-19-30-32-29(25-9-8-10-28(20-25)49(41,42)27-11-12-27)13-14-31(33(32)38-34(30)37-21-24)44-23-26(22-39-15-17-43-18-16-39)45-48(40,46-35(2,3)4)47-36(5,6)7/h8-10,13-14,19-21,26-27H,11-12,15-18,22-23H2,1-7H3,(H,37,38)/t26-/m1/s1. The summed E-state index contributed by atoms with van der Waals surface area (Å²) in [5.41, 5.74) is 2.44. The van der Waals surface area contributed by atoms with Crippen LogP contribution in [0.1, 0.15) is 59.9 Å². The van der Waals surface area contributed by atoms with Gasteiger partial charge in [-0.1, -0.05) is 12.1 Å². The van der Waals surface area contributed by atoms with Crippen LogP contribution >= 0.6 is 7.82 Å². The topological polar surface area (TPSA) is 129 Å². The number of hydrogen-bond acceptors (Lipinski definition) is 10. The van der Waals surface area contributed by atoms with Crippen molar-refractivity contribution >= 4 is 39.6 Å². The number of phosphoric ester groups is 1. The number of phosphoric acid groups is 1. The summed E-state index contributed by atoms with van der Waals surface area (Å²) in [5.74, 6) is 0.551. The number of aryl methyl sites for hydroxylation is 1. The van der Waals surface area contributed by atoms with Gasteiger partial charge in [0.25, 0.3) is 0 Å². The molecule has 2 aliphatic rings. The molecular formula is C36H48N3O8PS. The number of rotatable bonds is 12. The minimum Gasteiger partial charge on any atom is -0.489 e. The van der Waals surface area contributed by atoms with Gasteiger partial charge < -0.3 is 14.5 Å². The van der Waals surface area contributed by atoms with E-state index in [9.17, 15) is 13.0 Å². The molecule has 266 valence electrons. The van der Waals surface area contributed by atoms with E-state index in [-0.39, 0.29) is 11.9 Å². The predicted octanol–water partition coefficient (Wildman–Crippen LogP) is 7.46. The molecule has 49 heavy (non-hydrogen) atoms. The SMILES string of the molecule is Cc1cnc2[nH]c3c(OC[C@@H](CN4CCOCC4)OP(=O)(OC(C)(C)C)OC(C)(C)C)ccc(-c4cccc(S(=O)(=O)C5CC5)c4)c3c2c1. The summed E-state index contributed by atoms with van der Waals surface area (Å²) in [7, 11) is -7.43. The highest BCUT2D eigenvalue weighted by atomic mass is 32.2. The van der Waals surface area contributed by atoms with Crippen molar-refractivity contribution in [1.82, 2.24) is 14.9 Å². The number of benzene rings is 2. The molecule has 0 spiro atoms. The van der Waals surface area contributed by atoms with Gasteiger partial charge in [0.1, 0.15) is 24.1 Å². The summed E-state index contributed by atoms with van der Waals surface area (Å²) < 4.78 is 70.8. The van der Waals surface area contributed by atoms with Crippen LogP contribution in [0.4, 0.5) is 0 Å². The van der Waals surface area contributed by atoms with Gasteiger partial charge in [-0.05, 0) is 108 Å². The number of nitrogens with one attached hydrogen (secondary N) is 1. The van der Waals surface area contributed by atoms with Crippen LogP contribution in [0.5, 0.6) is 5.75 Å². The molecule has 1 aliphatic carbocycles. The fraction of sp³-hybridized carbons (Fsp3) is 0.528. The summed E-state index contributed by atoms with van der Waals surface area (Å²) in [5, 5.41) is 1.46. The highest BCUT2D eigenvalue weighted by molar-refractivity contribution is 7.92. The molecule has 13 heteroatoms. The van der Waals surface area contributed by atoms with E-state index in [4.69, 9.17) is 23.0 Å². The first-order chi connectivity index (χ1) is 23.0. The lowest BCUT2D eigenvalue weighted by Crippen LogP contribution is -2.43. The van der Waals surface area contributed by atoms with Crippen molar-refractivity contribution in [2.75, 3.05) is 39.5 Å². The molecule has 6 rings (SSSR count). The zero-order valence-corrected chi connectivity index (χ0v) is 31.2. The quantitative estimate of drug-likeness (QED) is 0.148. The van der Waals surface area contributed by atoms with E-state index in [2.05, 4.69) is 20.9 Å². The van der Waals surface area contributed by atoms with Gasteiger partial charge in [0.05, 0.1) is 40.1 Å². The summed E-state index contributed by atoms with van der Waals surface area (Å²) in [6.45, 7) is 15.9. The molecule has 0 bridgehead atoms. The van der Waals surface area contributed by atoms with E-state index in [0.29, 0.717) is 67.5 Å². The first kappa shape index (κ1) is 36.0. The number of morpholine rings is 1. The predicted molar refractivity (Wildman–Crippen MR) is 191 cm³/mol. The van der Waals surface area contributed by atoms with Crippen LogP contribution in [0.2, 0.25) is 0 Å². The number of nitrogens with zero attached hydrogens (tertiary/aromatic N) is 2. The lowest BCUT2D eigenvalue weighted by atomic mass is 9.99. The van der Waals surface area contributed by atoms with Crippen molar-refractivity contribution in [1.29, 1.82) is 0 Å². The van der Waals surface area contributed by atoms with E-state index < -0.39 is 35.0 Å². The van der Waals surface area contributed by atoms with Gasteiger partial charge in [-0.3, -0.25) is 18.5 Å². The van der Waals surface area contributed by atoms with E-state index >= 15 is 0 Å². The third-order valence-corrected chi connectivity index (χ3v) is 12.5. The Morgan fingerprint density at radius 2 is 1.71 bits per heavy atom. The highest BCUT2D eigenvalue weighted by Gasteiger charge is 2.40. The zero-order valence-electron chi connectivity index (χ0n) is 29.4. The van der Waals surface area contributed by atoms with Crippen LogP contribution in [0.25, 0.3) is 33.1 Å². The van der Waals surface area contributed by atoms with E-state index in [1.54, 1.807) is 24.4 Å². The van der Waals surface area contributed by atoms with Crippen molar-refractivity contribution in [2.24, 2.45) is 0 Å². The zero-order chi connectivity index (χ0) is 35.2. The smallest absolute Gasteiger partial charge is 0.476 e. The molecule has 3 heterocycles. The van der Waals surface area contributed by atoms with Crippen LogP contribution in [0.15, 0.2) is 53.6 Å². The Kier molecular flexibility index (Phi) is 10.1. The minimum absolute atomic E-state index is 0.0493. The molecule has 0 radical (unpaired) electrons. The van der Waals surface area contributed by atoms with Gasteiger partial charge >= 0.3 is 7.82 Å². The Morgan fingerprint density at radius 1 is 1.02 bits per heavy atom. The molecule has 1 atom stereocenters. The maximum absolute atomic E-state index is 14.2. The van der Waals surface area contributed by atoms with Crippen molar-refractivity contribution in [3.63, 3.8) is 0 Å². The molecule has 0 unspecified atom stereocenters. The van der Waals surface area contributed by atoms with Gasteiger partial charge in [-0.15, -0.1) is 0 Å². The van der Waals surface area contributed by atoms with Gasteiger partial charge in [0, 0.05) is 36.6 Å². The van der Waals surface area contributed by atoms with E-state index in [0.717, 1.165) is 27.5 Å². The van der Waals surface area contributed by atoms with E-state index in [1.807, 2.05) is 66.7 Å². The molecule has 1 aliphatic heterocycles. The minimum atomic E-state index is -4.06. The van der Waals surface area contributed by atoms with Gasteiger partial charge in [0.2, 0.25) is 0 Å². The summed E-state index contributed by atoms with van der Waals surface area (Å²) in [6, 6.07) is 13.0. The Labute approximate surface area is 289 Å². The number of pyridine rings is 1. The average Bonchev–Trinajstić information content (AvgIpc) is 3.80. The second-order valence-electron chi connectivity index (χ2n) is 15.0. The Bertz CT molecular complexity index is 1950. The van der Waals surface area contributed by atoms with Gasteiger partial charge in [-0.25, -0.2) is 18.0 Å². The Balaban J connectivity index is 1.37. The molecule has 11 nitrogen and oxygen atoms in total. The van der Waals surface area contributed by atoms with Gasteiger partial charge in [-0.2, -0.15) is 0 Å². The first-order valence-electron chi connectivity index (χ1n) is 16.9. The summed E-state index contributed by atoms with van der Waals surface area (Å²) in [4.78, 5) is 10.6. The summed E-state index contributed by atoms with van der Waals surface area (Å²) in [6.07, 6.45) is 2.52. The number of sulfone groups is 1. The fourth-order valence-corrected chi connectivity index (χ4v) is 9.68. The largest absolute Gasteiger partial charge is 0.489 e. The number of aromatic nitrogens is 2. The number of H-pyrrole nitrogens is 1. The van der Waals surface area contributed by atoms with Crippen molar-refractivity contribution < 1.29 is 36.0 Å². The second-order valence-corrected chi connectivity index (χ2v) is 18.7. The van der Waals surface area contributed by atoms with E-state index in [1.165, 1.54) is 0 Å². The molecule has 1 saturated carbocycles. The van der Waals surface area contributed by atoms with Crippen molar-refractivity contribution in [3.05, 3.63) is 54.2 Å². The van der Waals surface area contributed by atoms with Crippen LogP contribution < -0.4 is 4.74 Å². The van der Waals surface area contributed by atoms with Crippen LogP contribution in [0, 0.1) is 6.92 Å². The monoisotopic (exact) mass is 713 g/mol. The fourth-order valence-electron chi connectivity index (χ4n) is 6.02. The first-order valence-corrected chi connectivity index (χ1v) is 19.9. The molecule has 1 saturated heterocycles. The molecule has 0 amide bonds. The lowest BCUT2D eigenvalue weighted by molar-refractivity contribution is -0.0339. The highest BCUT2D eigenvalue weighted by Crippen LogP contribution is 2.56.